The maximum atomic E-state index is 15.6. The third-order valence-corrected chi connectivity index (χ3v) is 11.2. The fourth-order valence-electron chi connectivity index (χ4n) is 8.67. The van der Waals surface area contributed by atoms with E-state index in [-0.39, 0.29) is 34.6 Å². The first-order chi connectivity index (χ1) is 19.5. The molecule has 3 aliphatic carbocycles. The van der Waals surface area contributed by atoms with E-state index in [0.29, 0.717) is 49.0 Å². The predicted molar refractivity (Wildman–Crippen MR) is 168 cm³/mol. The van der Waals surface area contributed by atoms with Crippen LogP contribution in [0, 0.1) is 33.5 Å². The van der Waals surface area contributed by atoms with Crippen LogP contribution in [0.15, 0.2) is 65.0 Å². The van der Waals surface area contributed by atoms with Crippen LogP contribution in [0.1, 0.15) is 118 Å². The van der Waals surface area contributed by atoms with Crippen LogP contribution in [0.5, 0.6) is 0 Å². The van der Waals surface area contributed by atoms with Crippen molar-refractivity contribution in [1.82, 2.24) is 0 Å². The molecule has 5 rings (SSSR count). The second kappa shape index (κ2) is 10.2. The second-order valence-electron chi connectivity index (χ2n) is 15.8. The van der Waals surface area contributed by atoms with Gasteiger partial charge in [-0.25, -0.2) is 0 Å². The van der Waals surface area contributed by atoms with Gasteiger partial charge in [-0.3, -0.25) is 14.4 Å². The lowest BCUT2D eigenvalue weighted by atomic mass is 9.38. The van der Waals surface area contributed by atoms with Gasteiger partial charge in [0.25, 0.3) is 0 Å². The van der Waals surface area contributed by atoms with E-state index < -0.39 is 21.8 Å². The zero-order valence-corrected chi connectivity index (χ0v) is 27.3. The molecule has 1 aromatic carbocycles. The molecule has 1 fully saturated rings. The predicted octanol–water partition coefficient (Wildman–Crippen LogP) is 9.01. The van der Waals surface area contributed by atoms with Crippen LogP contribution in [0.25, 0.3) is 0 Å². The zero-order valence-electron chi connectivity index (χ0n) is 27.3. The summed E-state index contributed by atoms with van der Waals surface area (Å²) in [5.74, 6) is -0.169. The highest BCUT2D eigenvalue weighted by molar-refractivity contribution is 6.36. The molecule has 4 nitrogen and oxygen atoms in total. The molecule has 0 amide bonds. The average molecular weight is 571 g/mol. The summed E-state index contributed by atoms with van der Waals surface area (Å²) in [5.41, 5.74) is -0.554. The van der Waals surface area contributed by atoms with Gasteiger partial charge < -0.3 is 4.74 Å². The lowest BCUT2D eigenvalue weighted by Gasteiger charge is -2.62. The number of allylic oxidation sites excluding steroid dienone is 6. The Morgan fingerprint density at radius 3 is 2.29 bits per heavy atom. The molecular formula is C38H50O4. The third-order valence-electron chi connectivity index (χ3n) is 11.2. The van der Waals surface area contributed by atoms with E-state index in [0.717, 1.165) is 12.8 Å². The van der Waals surface area contributed by atoms with Crippen LogP contribution in [-0.2, 0) is 14.3 Å². The SMILES string of the molecule is CC(C)=CC[C@H]1C[C@@]2(C[C@H]3CCC(C)(C)C=C3C)C(=O)[C@](C(=O)c3ccccc3)(C(=O)C3=C2OC(C)(C)CC3)C1(C)C. The van der Waals surface area contributed by atoms with Gasteiger partial charge in [0.15, 0.2) is 22.8 Å². The van der Waals surface area contributed by atoms with Crippen molar-refractivity contribution < 1.29 is 19.1 Å². The maximum Gasteiger partial charge on any atom is 0.184 e. The van der Waals surface area contributed by atoms with Gasteiger partial charge >= 0.3 is 0 Å². The molecule has 0 saturated heterocycles. The van der Waals surface area contributed by atoms with Crippen molar-refractivity contribution in [2.75, 3.05) is 0 Å². The molecule has 1 heterocycles. The van der Waals surface area contributed by atoms with Crippen molar-refractivity contribution in [3.05, 3.63) is 70.5 Å². The molecule has 1 aromatic rings. The normalized spacial score (nSPS) is 32.8. The summed E-state index contributed by atoms with van der Waals surface area (Å²) in [6.07, 6.45) is 9.68. The molecular weight excluding hydrogens is 520 g/mol. The van der Waals surface area contributed by atoms with Gasteiger partial charge in [-0.15, -0.1) is 0 Å². The number of hydrogen-bond acceptors (Lipinski definition) is 4. The Kier molecular flexibility index (Phi) is 7.43. The lowest BCUT2D eigenvalue weighted by Crippen LogP contribution is -2.70. The summed E-state index contributed by atoms with van der Waals surface area (Å²) >= 11 is 0. The van der Waals surface area contributed by atoms with E-state index in [2.05, 4.69) is 60.6 Å². The van der Waals surface area contributed by atoms with Crippen LogP contribution in [-0.4, -0.2) is 23.0 Å². The van der Waals surface area contributed by atoms with E-state index in [4.69, 9.17) is 4.74 Å². The van der Waals surface area contributed by atoms with Crippen molar-refractivity contribution in [2.24, 2.45) is 33.5 Å². The number of benzene rings is 1. The molecule has 2 bridgehead atoms. The largest absolute Gasteiger partial charge is 0.491 e. The molecule has 0 spiro atoms. The number of carbonyl (C=O) groups excluding carboxylic acids is 3. The Morgan fingerprint density at radius 1 is 1.00 bits per heavy atom. The number of Topliss-reactive ketones (excluding diaryl/α,β-unsaturated/α-hetero) is 3. The van der Waals surface area contributed by atoms with Gasteiger partial charge in [0.2, 0.25) is 0 Å². The quantitative estimate of drug-likeness (QED) is 0.194. The average Bonchev–Trinajstić information content (AvgIpc) is 2.90. The molecule has 0 radical (unpaired) electrons. The van der Waals surface area contributed by atoms with Crippen LogP contribution in [0.3, 0.4) is 0 Å². The Labute approximate surface area is 253 Å². The Balaban J connectivity index is 1.81. The number of fused-ring (bicyclic) bond motifs is 3. The van der Waals surface area contributed by atoms with Gasteiger partial charge in [0, 0.05) is 11.1 Å². The molecule has 0 aromatic heterocycles. The Hall–Kier alpha value is -2.75. The van der Waals surface area contributed by atoms with Crippen molar-refractivity contribution in [3.8, 4) is 0 Å². The summed E-state index contributed by atoms with van der Waals surface area (Å²) in [4.78, 5) is 45.5. The van der Waals surface area contributed by atoms with Crippen molar-refractivity contribution in [3.63, 3.8) is 0 Å². The monoisotopic (exact) mass is 570 g/mol. The van der Waals surface area contributed by atoms with Crippen LogP contribution in [0.4, 0.5) is 0 Å². The topological polar surface area (TPSA) is 60.4 Å². The third kappa shape index (κ3) is 4.59. The van der Waals surface area contributed by atoms with Crippen LogP contribution < -0.4 is 0 Å². The highest BCUT2D eigenvalue weighted by atomic mass is 16.5. The second-order valence-corrected chi connectivity index (χ2v) is 15.8. The van der Waals surface area contributed by atoms with Crippen molar-refractivity contribution in [2.45, 2.75) is 113 Å². The lowest BCUT2D eigenvalue weighted by molar-refractivity contribution is -0.172. The highest BCUT2D eigenvalue weighted by Gasteiger charge is 2.76. The smallest absolute Gasteiger partial charge is 0.184 e. The zero-order chi connectivity index (χ0) is 30.9. The van der Waals surface area contributed by atoms with Gasteiger partial charge in [-0.2, -0.15) is 0 Å². The highest BCUT2D eigenvalue weighted by Crippen LogP contribution is 2.68. The van der Waals surface area contributed by atoms with E-state index in [1.807, 2.05) is 32.0 Å². The van der Waals surface area contributed by atoms with Crippen molar-refractivity contribution in [1.29, 1.82) is 0 Å². The molecule has 4 atom stereocenters. The molecule has 0 N–H and O–H groups in total. The molecule has 1 saturated carbocycles. The number of rotatable bonds is 6. The number of hydrogen-bond donors (Lipinski definition) is 0. The Bertz CT molecular complexity index is 1400. The minimum Gasteiger partial charge on any atom is -0.491 e. The first-order valence-electron chi connectivity index (χ1n) is 15.9. The van der Waals surface area contributed by atoms with Gasteiger partial charge in [-0.1, -0.05) is 81.3 Å². The summed E-state index contributed by atoms with van der Waals surface area (Å²) in [5, 5.41) is 0. The number of ether oxygens (including phenoxy) is 1. The summed E-state index contributed by atoms with van der Waals surface area (Å²) < 4.78 is 6.79. The van der Waals surface area contributed by atoms with Gasteiger partial charge in [0.1, 0.15) is 11.4 Å². The molecule has 1 aliphatic heterocycles. The molecule has 0 unspecified atom stereocenters. The van der Waals surface area contributed by atoms with Crippen LogP contribution in [0.2, 0.25) is 0 Å². The van der Waals surface area contributed by atoms with Gasteiger partial charge in [-0.05, 0) is 102 Å². The fourth-order valence-corrected chi connectivity index (χ4v) is 8.67. The number of carbonyl (C=O) groups is 3. The van der Waals surface area contributed by atoms with E-state index in [1.165, 1.54) is 11.1 Å². The first-order valence-corrected chi connectivity index (χ1v) is 15.9. The molecule has 42 heavy (non-hydrogen) atoms. The maximum absolute atomic E-state index is 15.6. The summed E-state index contributed by atoms with van der Waals surface area (Å²) in [6, 6.07) is 9.02. The first kappa shape index (κ1) is 30.7. The van der Waals surface area contributed by atoms with Gasteiger partial charge in [0.05, 0.1) is 5.41 Å². The molecule has 4 heteroatoms. The van der Waals surface area contributed by atoms with E-state index in [9.17, 15) is 4.79 Å². The minimum absolute atomic E-state index is 0.0614. The summed E-state index contributed by atoms with van der Waals surface area (Å²) in [6.45, 7) is 19.0. The Morgan fingerprint density at radius 2 is 1.67 bits per heavy atom. The molecule has 4 aliphatic rings. The van der Waals surface area contributed by atoms with Crippen molar-refractivity contribution >= 4 is 17.3 Å². The van der Waals surface area contributed by atoms with Crippen LogP contribution >= 0.6 is 0 Å². The fraction of sp³-hybridized carbons (Fsp3) is 0.605. The molecule has 226 valence electrons. The standard InChI is InChI=1S/C38H50O4/c1-24(2)15-16-28-23-37(22-27-17-19-34(4,5)21-25(27)3)32-29(18-20-35(6,7)42-32)31(40)38(33(37)41,36(28,8)9)30(39)26-13-11-10-12-14-26/h10-15,21,27-28H,16-20,22-23H2,1-9H3/t27-,28+,37-,38+/m1/s1. The number of ketones is 3. The van der Waals surface area contributed by atoms with E-state index >= 15 is 9.59 Å². The minimum atomic E-state index is -1.79. The van der Waals surface area contributed by atoms with E-state index in [1.54, 1.807) is 12.1 Å². The summed E-state index contributed by atoms with van der Waals surface area (Å²) in [7, 11) is 0.